The van der Waals surface area contributed by atoms with Crippen LogP contribution in [0.5, 0.6) is 5.75 Å². The van der Waals surface area contributed by atoms with Gasteiger partial charge in [0.2, 0.25) is 0 Å². The van der Waals surface area contributed by atoms with Crippen molar-refractivity contribution in [3.63, 3.8) is 0 Å². The molecule has 1 aromatic rings. The Morgan fingerprint density at radius 2 is 2.41 bits per heavy atom. The average molecular weight is 237 g/mol. The molecule has 1 atom stereocenters. The smallest absolute Gasteiger partial charge is 0.341 e. The van der Waals surface area contributed by atoms with Gasteiger partial charge in [-0.2, -0.15) is 0 Å². The third-order valence-electron chi connectivity index (χ3n) is 2.73. The molecule has 1 saturated heterocycles. The van der Waals surface area contributed by atoms with Gasteiger partial charge in [-0.1, -0.05) is 6.07 Å². The lowest BCUT2D eigenvalue weighted by atomic mass is 10.0. The van der Waals surface area contributed by atoms with Crippen LogP contribution in [0.15, 0.2) is 18.2 Å². The van der Waals surface area contributed by atoms with E-state index in [9.17, 15) is 9.90 Å². The summed E-state index contributed by atoms with van der Waals surface area (Å²) >= 11 is 0. The molecule has 2 rings (SSSR count). The summed E-state index contributed by atoms with van der Waals surface area (Å²) in [5.74, 6) is -0.627. The number of hydrogen-bond donors (Lipinski definition) is 2. The van der Waals surface area contributed by atoms with E-state index in [0.717, 1.165) is 12.1 Å². The zero-order valence-electron chi connectivity index (χ0n) is 9.60. The molecule has 0 radical (unpaired) electrons. The van der Waals surface area contributed by atoms with Crippen LogP contribution >= 0.6 is 0 Å². The third-order valence-corrected chi connectivity index (χ3v) is 2.73. The maximum Gasteiger partial charge on any atom is 0.341 e. The summed E-state index contributed by atoms with van der Waals surface area (Å²) in [5, 5.41) is 12.8. The summed E-state index contributed by atoms with van der Waals surface area (Å²) in [6.45, 7) is 2.17. The molecular formula is C12H15NO4. The summed E-state index contributed by atoms with van der Waals surface area (Å²) < 4.78 is 10.2. The molecule has 0 saturated carbocycles. The average Bonchev–Trinajstić information content (AvgIpc) is 2.39. The van der Waals surface area contributed by atoms with E-state index in [2.05, 4.69) is 10.1 Å². The number of phenols is 1. The lowest BCUT2D eigenvalue weighted by Crippen LogP contribution is -2.33. The maximum absolute atomic E-state index is 11.4. The first kappa shape index (κ1) is 11.9. The summed E-state index contributed by atoms with van der Waals surface area (Å²) in [7, 11) is 1.28. The molecule has 1 aliphatic heterocycles. The quantitative estimate of drug-likeness (QED) is 0.746. The fraction of sp³-hybridized carbons (Fsp3) is 0.417. The molecule has 0 aromatic heterocycles. The summed E-state index contributed by atoms with van der Waals surface area (Å²) in [6, 6.07) is 4.85. The van der Waals surface area contributed by atoms with E-state index < -0.39 is 5.97 Å². The second-order valence-corrected chi connectivity index (χ2v) is 3.83. The number of carbonyl (C=O) groups excluding carboxylic acids is 1. The molecule has 92 valence electrons. The first-order valence-corrected chi connectivity index (χ1v) is 5.46. The molecule has 5 nitrogen and oxygen atoms in total. The number of methoxy groups -OCH3 is 1. The Bertz CT molecular complexity index is 413. The zero-order valence-corrected chi connectivity index (χ0v) is 9.60. The number of esters is 1. The molecule has 1 fully saturated rings. The monoisotopic (exact) mass is 237 g/mol. The first-order chi connectivity index (χ1) is 8.22. The van der Waals surface area contributed by atoms with Crippen molar-refractivity contribution >= 4 is 5.97 Å². The summed E-state index contributed by atoms with van der Waals surface area (Å²) in [6.07, 6.45) is -0.0900. The van der Waals surface area contributed by atoms with Gasteiger partial charge in [0.1, 0.15) is 11.3 Å². The summed E-state index contributed by atoms with van der Waals surface area (Å²) in [5.41, 5.74) is 1.02. The molecule has 1 unspecified atom stereocenters. The molecule has 1 heterocycles. The van der Waals surface area contributed by atoms with E-state index in [0.29, 0.717) is 13.2 Å². The van der Waals surface area contributed by atoms with E-state index in [1.165, 1.54) is 13.2 Å². The predicted octanol–water partition coefficient (Wildman–Crippen LogP) is 0.840. The van der Waals surface area contributed by atoms with Crippen LogP contribution in [0.2, 0.25) is 0 Å². The van der Waals surface area contributed by atoms with Crippen LogP contribution < -0.4 is 5.32 Å². The van der Waals surface area contributed by atoms with Gasteiger partial charge in [-0.15, -0.1) is 0 Å². The Morgan fingerprint density at radius 3 is 3.06 bits per heavy atom. The highest BCUT2D eigenvalue weighted by atomic mass is 16.5. The molecule has 0 bridgehead atoms. The topological polar surface area (TPSA) is 67.8 Å². The second-order valence-electron chi connectivity index (χ2n) is 3.83. The van der Waals surface area contributed by atoms with Crippen molar-refractivity contribution in [3.8, 4) is 5.75 Å². The minimum absolute atomic E-state index is 0.0793. The number of benzene rings is 1. The Kier molecular flexibility index (Phi) is 3.61. The molecular weight excluding hydrogens is 222 g/mol. The number of rotatable bonds is 2. The Balaban J connectivity index is 2.26. The standard InChI is InChI=1S/C12H15NO4/c1-16-12(15)9-6-8(2-3-10(9)14)11-7-13-4-5-17-11/h2-3,6,11,13-14H,4-5,7H2,1H3. The van der Waals surface area contributed by atoms with E-state index >= 15 is 0 Å². The van der Waals surface area contributed by atoms with Crippen LogP contribution in [0.4, 0.5) is 0 Å². The highest BCUT2D eigenvalue weighted by Gasteiger charge is 2.19. The highest BCUT2D eigenvalue weighted by Crippen LogP contribution is 2.25. The van der Waals surface area contributed by atoms with Crippen molar-refractivity contribution in [2.45, 2.75) is 6.10 Å². The van der Waals surface area contributed by atoms with Gasteiger partial charge in [0.15, 0.2) is 0 Å². The van der Waals surface area contributed by atoms with Crippen molar-refractivity contribution < 1.29 is 19.4 Å². The van der Waals surface area contributed by atoms with Crippen molar-refractivity contribution in [3.05, 3.63) is 29.3 Å². The SMILES string of the molecule is COC(=O)c1cc(C2CNCCO2)ccc1O. The number of morpholine rings is 1. The number of carbonyl (C=O) groups is 1. The van der Waals surface area contributed by atoms with E-state index in [-0.39, 0.29) is 17.4 Å². The van der Waals surface area contributed by atoms with Crippen molar-refractivity contribution in [2.24, 2.45) is 0 Å². The van der Waals surface area contributed by atoms with Gasteiger partial charge in [0.05, 0.1) is 19.8 Å². The highest BCUT2D eigenvalue weighted by molar-refractivity contribution is 5.92. The van der Waals surface area contributed by atoms with Crippen LogP contribution in [0.1, 0.15) is 22.0 Å². The Labute approximate surface area is 99.3 Å². The van der Waals surface area contributed by atoms with Crippen LogP contribution in [-0.4, -0.2) is 37.9 Å². The van der Waals surface area contributed by atoms with Gasteiger partial charge in [0, 0.05) is 13.1 Å². The molecule has 0 aliphatic carbocycles. The molecule has 0 amide bonds. The molecule has 17 heavy (non-hydrogen) atoms. The fourth-order valence-electron chi connectivity index (χ4n) is 1.81. The number of ether oxygens (including phenoxy) is 2. The molecule has 1 aliphatic rings. The summed E-state index contributed by atoms with van der Waals surface area (Å²) in [4.78, 5) is 11.4. The largest absolute Gasteiger partial charge is 0.507 e. The van der Waals surface area contributed by atoms with Crippen LogP contribution in [0, 0.1) is 0 Å². The van der Waals surface area contributed by atoms with E-state index in [1.807, 2.05) is 0 Å². The van der Waals surface area contributed by atoms with Gasteiger partial charge in [0.25, 0.3) is 0 Å². The second kappa shape index (κ2) is 5.16. The van der Waals surface area contributed by atoms with Crippen molar-refractivity contribution in [1.29, 1.82) is 0 Å². The van der Waals surface area contributed by atoms with Gasteiger partial charge in [-0.25, -0.2) is 4.79 Å². The lowest BCUT2D eigenvalue weighted by Gasteiger charge is -2.24. The predicted molar refractivity (Wildman–Crippen MR) is 61.0 cm³/mol. The number of hydrogen-bond acceptors (Lipinski definition) is 5. The van der Waals surface area contributed by atoms with Crippen LogP contribution in [0.25, 0.3) is 0 Å². The normalized spacial score (nSPS) is 19.9. The van der Waals surface area contributed by atoms with Crippen molar-refractivity contribution in [2.75, 3.05) is 26.8 Å². The Morgan fingerprint density at radius 1 is 1.59 bits per heavy atom. The van der Waals surface area contributed by atoms with Gasteiger partial charge < -0.3 is 19.9 Å². The van der Waals surface area contributed by atoms with Gasteiger partial charge in [-0.3, -0.25) is 0 Å². The molecule has 1 aromatic carbocycles. The van der Waals surface area contributed by atoms with E-state index in [4.69, 9.17) is 4.74 Å². The number of aromatic hydroxyl groups is 1. The minimum atomic E-state index is -0.548. The van der Waals surface area contributed by atoms with E-state index in [1.54, 1.807) is 12.1 Å². The van der Waals surface area contributed by atoms with Crippen LogP contribution in [0.3, 0.4) is 0 Å². The van der Waals surface area contributed by atoms with Gasteiger partial charge in [-0.05, 0) is 17.7 Å². The van der Waals surface area contributed by atoms with Gasteiger partial charge >= 0.3 is 5.97 Å². The molecule has 2 N–H and O–H groups in total. The third kappa shape index (κ3) is 2.57. The maximum atomic E-state index is 11.4. The Hall–Kier alpha value is -1.59. The molecule has 0 spiro atoms. The van der Waals surface area contributed by atoms with Crippen LogP contribution in [-0.2, 0) is 9.47 Å². The fourth-order valence-corrected chi connectivity index (χ4v) is 1.81. The van der Waals surface area contributed by atoms with Crippen molar-refractivity contribution in [1.82, 2.24) is 5.32 Å². The first-order valence-electron chi connectivity index (χ1n) is 5.46. The number of nitrogens with one attached hydrogen (secondary N) is 1. The number of phenolic OH excluding ortho intramolecular Hbond substituents is 1. The lowest BCUT2D eigenvalue weighted by molar-refractivity contribution is 0.0275. The zero-order chi connectivity index (χ0) is 12.3. The molecule has 5 heteroatoms. The minimum Gasteiger partial charge on any atom is -0.507 e.